The number of likely N-dealkylation sites (tertiary alicyclic amines) is 1. The first-order valence-electron chi connectivity index (χ1n) is 13.8. The number of nitrogens with two attached hydrogens (primary N) is 1. The highest BCUT2D eigenvalue weighted by molar-refractivity contribution is 6.16. The third-order valence-electron chi connectivity index (χ3n) is 7.36. The maximum Gasteiger partial charge on any atom is 0.328 e. The molecule has 2 aromatic carbocycles. The summed E-state index contributed by atoms with van der Waals surface area (Å²) < 4.78 is 76.0. The van der Waals surface area contributed by atoms with E-state index in [-0.39, 0.29) is 53.1 Å². The number of carbonyl (C=O) groups is 2. The van der Waals surface area contributed by atoms with E-state index in [1.807, 2.05) is 6.92 Å². The number of nitrogens with zero attached hydrogens (tertiary/aromatic N) is 4. The highest BCUT2D eigenvalue weighted by atomic mass is 19.2. The molecule has 0 saturated carbocycles. The van der Waals surface area contributed by atoms with Gasteiger partial charge in [-0.2, -0.15) is 8.78 Å². The molecule has 0 spiro atoms. The minimum Gasteiger partial charge on any atom is -0.478 e. The first-order valence-corrected chi connectivity index (χ1v) is 13.8. The van der Waals surface area contributed by atoms with Crippen LogP contribution in [0.25, 0.3) is 0 Å². The Morgan fingerprint density at radius 2 is 1.87 bits per heavy atom. The first-order chi connectivity index (χ1) is 21.5. The molecule has 2 heterocycles. The number of hydrogen-bond acceptors (Lipinski definition) is 7. The first kappa shape index (κ1) is 32.8. The quantitative estimate of drug-likeness (QED) is 0.121. The summed E-state index contributed by atoms with van der Waals surface area (Å²) >= 11 is 0. The highest BCUT2D eigenvalue weighted by Gasteiger charge is 2.35. The van der Waals surface area contributed by atoms with Crippen molar-refractivity contribution >= 4 is 23.5 Å². The fourth-order valence-corrected chi connectivity index (χ4v) is 5.28. The third kappa shape index (κ3) is 7.19. The molecule has 1 aliphatic heterocycles. The van der Waals surface area contributed by atoms with Crippen molar-refractivity contribution in [3.63, 3.8) is 0 Å². The number of benzene rings is 2. The largest absolute Gasteiger partial charge is 0.478 e. The van der Waals surface area contributed by atoms with Crippen LogP contribution in [0.15, 0.2) is 47.7 Å². The molecule has 4 N–H and O–H groups in total. The second-order valence-corrected chi connectivity index (χ2v) is 10.1. The topological polar surface area (TPSA) is 143 Å². The van der Waals surface area contributed by atoms with Crippen LogP contribution in [0.3, 0.4) is 0 Å². The van der Waals surface area contributed by atoms with Crippen molar-refractivity contribution in [3.05, 3.63) is 88.7 Å². The van der Waals surface area contributed by atoms with Crippen LogP contribution in [0.2, 0.25) is 0 Å². The van der Waals surface area contributed by atoms with Gasteiger partial charge < -0.3 is 25.8 Å². The molecule has 238 valence electrons. The van der Waals surface area contributed by atoms with Crippen LogP contribution >= 0.6 is 0 Å². The molecular formula is C30H29F5N6O4. The lowest BCUT2D eigenvalue weighted by atomic mass is 9.83. The number of rotatable bonds is 10. The molecule has 2 unspecified atom stereocenters. The summed E-state index contributed by atoms with van der Waals surface area (Å²) in [6.07, 6.45) is 4.71. The summed E-state index contributed by atoms with van der Waals surface area (Å²) in [5.74, 6) is -11.1. The van der Waals surface area contributed by atoms with Crippen LogP contribution < -0.4 is 15.8 Å². The van der Waals surface area contributed by atoms with Crippen LogP contribution in [-0.2, 0) is 4.79 Å². The Morgan fingerprint density at radius 3 is 2.49 bits per heavy atom. The molecule has 1 fully saturated rings. The number of nitrogens with one attached hydrogen (secondary N) is 1. The van der Waals surface area contributed by atoms with Gasteiger partial charge in [0, 0.05) is 56.4 Å². The van der Waals surface area contributed by atoms with Crippen molar-refractivity contribution in [2.24, 2.45) is 10.9 Å². The summed E-state index contributed by atoms with van der Waals surface area (Å²) in [5, 5.41) is 11.3. The summed E-state index contributed by atoms with van der Waals surface area (Å²) in [5.41, 5.74) is 6.99. The molecular weight excluding hydrogens is 603 g/mol. The number of carboxylic acids is 1. The van der Waals surface area contributed by atoms with Crippen molar-refractivity contribution < 1.29 is 41.4 Å². The molecule has 0 radical (unpaired) electrons. The number of halogens is 5. The molecule has 10 nitrogen and oxygen atoms in total. The van der Waals surface area contributed by atoms with Crippen LogP contribution in [0.1, 0.15) is 42.5 Å². The van der Waals surface area contributed by atoms with E-state index in [1.54, 1.807) is 4.90 Å². The van der Waals surface area contributed by atoms with Gasteiger partial charge in [0.2, 0.25) is 17.4 Å². The number of anilines is 1. The highest BCUT2D eigenvalue weighted by Crippen LogP contribution is 2.38. The summed E-state index contributed by atoms with van der Waals surface area (Å²) in [6, 6.07) is 2.79. The standard InChI is InChI=1S/C30H29F5N6O4/c1-3-17(15-8-10-41(13-15)30(44)38-9-4-5-22(42)43)27-23(29(36)40-14-39-27)26(37-2)18-7-6-16(11-19(18)31)45-28-24(34)20(32)12-21(33)25(28)35/h4-7,11-12,14-15,17H,3,8-10,13H2,1-2H3,(H,38,44)(H,42,43)(H2,36,39,40)/b5-4+,37-26-. The van der Waals surface area contributed by atoms with Gasteiger partial charge in [-0.05, 0) is 30.9 Å². The van der Waals surface area contributed by atoms with E-state index in [0.717, 1.165) is 18.2 Å². The number of nitrogen functional groups attached to an aromatic ring is 1. The molecule has 4 rings (SSSR count). The Bertz CT molecular complexity index is 1640. The number of carbonyl (C=O) groups excluding carboxylic acids is 1. The van der Waals surface area contributed by atoms with Gasteiger partial charge in [-0.15, -0.1) is 0 Å². The second kappa shape index (κ2) is 14.1. The lowest BCUT2D eigenvalue weighted by molar-refractivity contribution is -0.131. The number of amides is 2. The second-order valence-electron chi connectivity index (χ2n) is 10.1. The van der Waals surface area contributed by atoms with Crippen molar-refractivity contribution in [2.75, 3.05) is 32.4 Å². The lowest BCUT2D eigenvalue weighted by Crippen LogP contribution is -2.39. The molecule has 1 aliphatic rings. The number of aliphatic carboxylic acids is 1. The van der Waals surface area contributed by atoms with Crippen LogP contribution in [0.4, 0.5) is 32.6 Å². The smallest absolute Gasteiger partial charge is 0.328 e. The van der Waals surface area contributed by atoms with E-state index in [2.05, 4.69) is 20.3 Å². The molecule has 1 saturated heterocycles. The minimum absolute atomic E-state index is 0.0102. The van der Waals surface area contributed by atoms with Gasteiger partial charge in [0.25, 0.3) is 0 Å². The minimum atomic E-state index is -1.78. The lowest BCUT2D eigenvalue weighted by Gasteiger charge is -2.25. The molecule has 2 amide bonds. The molecule has 2 atom stereocenters. The molecule has 0 bridgehead atoms. The van der Waals surface area contributed by atoms with Crippen molar-refractivity contribution in [1.82, 2.24) is 20.2 Å². The van der Waals surface area contributed by atoms with Gasteiger partial charge in [-0.25, -0.2) is 32.7 Å². The average molecular weight is 633 g/mol. The zero-order valence-electron chi connectivity index (χ0n) is 24.2. The molecule has 45 heavy (non-hydrogen) atoms. The number of hydrogen-bond donors (Lipinski definition) is 3. The molecule has 3 aromatic rings. The van der Waals surface area contributed by atoms with Crippen molar-refractivity contribution in [2.45, 2.75) is 25.7 Å². The third-order valence-corrected chi connectivity index (χ3v) is 7.36. The maximum atomic E-state index is 15.5. The van der Waals surface area contributed by atoms with E-state index < -0.39 is 46.6 Å². The van der Waals surface area contributed by atoms with E-state index in [9.17, 15) is 27.2 Å². The predicted octanol–water partition coefficient (Wildman–Crippen LogP) is 5.18. The number of aromatic nitrogens is 2. The molecule has 15 heteroatoms. The predicted molar refractivity (Wildman–Crippen MR) is 154 cm³/mol. The number of ether oxygens (including phenoxy) is 1. The normalized spacial score (nSPS) is 15.8. The van der Waals surface area contributed by atoms with Crippen molar-refractivity contribution in [1.29, 1.82) is 0 Å². The van der Waals surface area contributed by atoms with Gasteiger partial charge >= 0.3 is 12.0 Å². The maximum absolute atomic E-state index is 15.5. The fourth-order valence-electron chi connectivity index (χ4n) is 5.28. The SMILES string of the molecule is CCC(c1ncnc(N)c1/C(=N\C)c1ccc(Oc2c(F)c(F)cc(F)c2F)cc1F)C1CCN(C(=O)NC/C=C/C(=O)O)C1. The Morgan fingerprint density at radius 1 is 1.16 bits per heavy atom. The number of aliphatic imine (C=N–C) groups is 1. The number of urea groups is 1. The monoisotopic (exact) mass is 632 g/mol. The van der Waals surface area contributed by atoms with Gasteiger partial charge in [0.05, 0.1) is 17.0 Å². The molecule has 0 aliphatic carbocycles. The fraction of sp³-hybridized carbons (Fsp3) is 0.300. The van der Waals surface area contributed by atoms with Gasteiger partial charge in [0.1, 0.15) is 23.7 Å². The van der Waals surface area contributed by atoms with Gasteiger partial charge in [0.15, 0.2) is 11.6 Å². The summed E-state index contributed by atoms with van der Waals surface area (Å²) in [6.45, 7) is 2.77. The Hall–Kier alpha value is -5.08. The zero-order chi connectivity index (χ0) is 32.8. The summed E-state index contributed by atoms with van der Waals surface area (Å²) in [4.78, 5) is 37.7. The van der Waals surface area contributed by atoms with E-state index in [1.165, 1.54) is 25.5 Å². The molecule has 1 aromatic heterocycles. The zero-order valence-corrected chi connectivity index (χ0v) is 24.2. The van der Waals surface area contributed by atoms with E-state index >= 15 is 4.39 Å². The Balaban J connectivity index is 1.60. The van der Waals surface area contributed by atoms with Gasteiger partial charge in [-0.3, -0.25) is 4.99 Å². The van der Waals surface area contributed by atoms with E-state index in [0.29, 0.717) is 31.6 Å². The van der Waals surface area contributed by atoms with Crippen molar-refractivity contribution in [3.8, 4) is 11.5 Å². The Kier molecular flexibility index (Phi) is 10.3. The number of carboxylic acid groups (broad SMARTS) is 1. The average Bonchev–Trinajstić information content (AvgIpc) is 3.49. The van der Waals surface area contributed by atoms with Crippen LogP contribution in [-0.4, -0.2) is 64.4 Å². The summed E-state index contributed by atoms with van der Waals surface area (Å²) in [7, 11) is 1.40. The van der Waals surface area contributed by atoms with E-state index in [4.69, 9.17) is 15.6 Å². The van der Waals surface area contributed by atoms with Crippen LogP contribution in [0, 0.1) is 35.0 Å². The van der Waals surface area contributed by atoms with Crippen LogP contribution in [0.5, 0.6) is 11.5 Å². The van der Waals surface area contributed by atoms with Gasteiger partial charge in [-0.1, -0.05) is 13.0 Å². The Labute approximate surface area is 254 Å².